The first-order chi connectivity index (χ1) is 7.70. The third-order valence-electron chi connectivity index (χ3n) is 2.36. The van der Waals surface area contributed by atoms with Crippen LogP contribution in [0.5, 0.6) is 0 Å². The highest BCUT2D eigenvalue weighted by Crippen LogP contribution is 2.20. The molecule has 5 nitrogen and oxygen atoms in total. The summed E-state index contributed by atoms with van der Waals surface area (Å²) in [7, 11) is 1.93. The molecule has 0 aromatic carbocycles. The molecule has 0 saturated heterocycles. The van der Waals surface area contributed by atoms with Gasteiger partial charge >= 0.3 is 0 Å². The second-order valence-electron chi connectivity index (χ2n) is 3.77. The van der Waals surface area contributed by atoms with E-state index in [0.29, 0.717) is 11.7 Å². The van der Waals surface area contributed by atoms with Crippen LogP contribution in [-0.2, 0) is 7.05 Å². The Morgan fingerprint density at radius 3 is 2.94 bits per heavy atom. The van der Waals surface area contributed by atoms with E-state index in [4.69, 9.17) is 4.42 Å². The molecule has 5 heteroatoms. The van der Waals surface area contributed by atoms with Crippen molar-refractivity contribution in [1.29, 1.82) is 0 Å². The van der Waals surface area contributed by atoms with Gasteiger partial charge in [-0.15, -0.1) is 0 Å². The first kappa shape index (κ1) is 10.9. The number of aryl methyl sites for hydroxylation is 1. The number of oxazole rings is 1. The fraction of sp³-hybridized carbons (Fsp3) is 0.455. The van der Waals surface area contributed by atoms with Gasteiger partial charge in [0.25, 0.3) is 0 Å². The van der Waals surface area contributed by atoms with Crippen LogP contribution < -0.4 is 5.32 Å². The maximum Gasteiger partial charge on any atom is 0.211 e. The van der Waals surface area contributed by atoms with E-state index in [-0.39, 0.29) is 6.04 Å². The van der Waals surface area contributed by atoms with Gasteiger partial charge in [-0.05, 0) is 13.5 Å². The predicted octanol–water partition coefficient (Wildman–Crippen LogP) is 1.75. The molecule has 2 rings (SSSR count). The van der Waals surface area contributed by atoms with E-state index >= 15 is 0 Å². The van der Waals surface area contributed by atoms with Crippen LogP contribution in [0.4, 0.5) is 0 Å². The third kappa shape index (κ3) is 2.14. The summed E-state index contributed by atoms with van der Waals surface area (Å²) in [6.07, 6.45) is 5.36. The van der Waals surface area contributed by atoms with Crippen molar-refractivity contribution in [2.45, 2.75) is 19.9 Å². The number of imidazole rings is 1. The highest BCUT2D eigenvalue weighted by molar-refractivity contribution is 5.49. The molecule has 2 aromatic rings. The summed E-state index contributed by atoms with van der Waals surface area (Å²) in [5.41, 5.74) is 0.810. The topological polar surface area (TPSA) is 55.9 Å². The van der Waals surface area contributed by atoms with E-state index in [1.54, 1.807) is 12.5 Å². The van der Waals surface area contributed by atoms with Crippen LogP contribution in [0.2, 0.25) is 0 Å². The molecule has 0 bridgehead atoms. The van der Waals surface area contributed by atoms with Crippen molar-refractivity contribution in [2.24, 2.45) is 7.05 Å². The fourth-order valence-corrected chi connectivity index (χ4v) is 1.54. The van der Waals surface area contributed by atoms with E-state index in [9.17, 15) is 0 Å². The number of aromatic nitrogens is 3. The second-order valence-corrected chi connectivity index (χ2v) is 3.77. The number of hydrogen-bond acceptors (Lipinski definition) is 4. The summed E-state index contributed by atoms with van der Waals surface area (Å²) in [6.45, 7) is 4.97. The largest absolute Gasteiger partial charge is 0.437 e. The van der Waals surface area contributed by atoms with E-state index < -0.39 is 0 Å². The van der Waals surface area contributed by atoms with Crippen LogP contribution in [-0.4, -0.2) is 21.1 Å². The highest BCUT2D eigenvalue weighted by atomic mass is 16.4. The van der Waals surface area contributed by atoms with Gasteiger partial charge in [-0.25, -0.2) is 9.97 Å². The molecular weight excluding hydrogens is 204 g/mol. The number of rotatable bonds is 4. The lowest BCUT2D eigenvalue weighted by molar-refractivity contribution is 0.428. The zero-order valence-corrected chi connectivity index (χ0v) is 9.77. The van der Waals surface area contributed by atoms with Gasteiger partial charge < -0.3 is 14.3 Å². The monoisotopic (exact) mass is 220 g/mol. The molecule has 1 unspecified atom stereocenters. The molecule has 0 amide bonds. The zero-order valence-electron chi connectivity index (χ0n) is 9.77. The summed E-state index contributed by atoms with van der Waals surface area (Å²) in [5, 5.41) is 3.25. The molecule has 0 aliphatic carbocycles. The summed E-state index contributed by atoms with van der Waals surface area (Å²) in [6, 6.07) is 0.127. The minimum atomic E-state index is 0.127. The van der Waals surface area contributed by atoms with Gasteiger partial charge in [0, 0.05) is 13.2 Å². The molecule has 1 N–H and O–H groups in total. The van der Waals surface area contributed by atoms with Crippen molar-refractivity contribution < 1.29 is 4.42 Å². The summed E-state index contributed by atoms with van der Waals surface area (Å²) < 4.78 is 7.53. The first-order valence-electron chi connectivity index (χ1n) is 5.38. The summed E-state index contributed by atoms with van der Waals surface area (Å²) in [4.78, 5) is 8.46. The molecule has 16 heavy (non-hydrogen) atoms. The Labute approximate surface area is 94.5 Å². The molecule has 86 valence electrons. The van der Waals surface area contributed by atoms with Gasteiger partial charge in [-0.2, -0.15) is 0 Å². The Balaban J connectivity index is 2.19. The lowest BCUT2D eigenvalue weighted by Crippen LogP contribution is -2.17. The molecule has 0 spiro atoms. The average Bonchev–Trinajstić information content (AvgIpc) is 2.85. The molecule has 0 aliphatic heterocycles. The Hall–Kier alpha value is -1.62. The van der Waals surface area contributed by atoms with E-state index in [0.717, 1.165) is 12.2 Å². The van der Waals surface area contributed by atoms with E-state index in [2.05, 4.69) is 22.2 Å². The van der Waals surface area contributed by atoms with Gasteiger partial charge in [-0.1, -0.05) is 6.92 Å². The molecule has 0 aliphatic rings. The van der Waals surface area contributed by atoms with Crippen LogP contribution in [0, 0.1) is 0 Å². The summed E-state index contributed by atoms with van der Waals surface area (Å²) in [5.74, 6) is 1.41. The van der Waals surface area contributed by atoms with Crippen LogP contribution in [0.25, 0.3) is 11.5 Å². The second kappa shape index (κ2) is 4.49. The molecule has 0 fully saturated rings. The molecule has 2 aromatic heterocycles. The molecule has 1 atom stereocenters. The molecular formula is C11H16N4O. The lowest BCUT2D eigenvalue weighted by atomic mass is 10.3. The summed E-state index contributed by atoms with van der Waals surface area (Å²) >= 11 is 0. The van der Waals surface area contributed by atoms with Crippen LogP contribution >= 0.6 is 0 Å². The maximum atomic E-state index is 5.65. The number of nitrogens with one attached hydrogen (secondary N) is 1. The lowest BCUT2D eigenvalue weighted by Gasteiger charge is -2.06. The minimum Gasteiger partial charge on any atom is -0.437 e. The van der Waals surface area contributed by atoms with Gasteiger partial charge in [0.2, 0.25) is 5.89 Å². The van der Waals surface area contributed by atoms with Crippen molar-refractivity contribution in [2.75, 3.05) is 6.54 Å². The first-order valence-corrected chi connectivity index (χ1v) is 5.38. The molecule has 0 saturated carbocycles. The highest BCUT2D eigenvalue weighted by Gasteiger charge is 2.13. The van der Waals surface area contributed by atoms with Crippen molar-refractivity contribution in [3.05, 3.63) is 24.6 Å². The van der Waals surface area contributed by atoms with Crippen molar-refractivity contribution >= 4 is 0 Å². The number of hydrogen-bond donors (Lipinski definition) is 1. The van der Waals surface area contributed by atoms with Crippen LogP contribution in [0.3, 0.4) is 0 Å². The smallest absolute Gasteiger partial charge is 0.211 e. The molecule has 2 heterocycles. The van der Waals surface area contributed by atoms with Crippen molar-refractivity contribution in [3.63, 3.8) is 0 Å². The van der Waals surface area contributed by atoms with Crippen molar-refractivity contribution in [1.82, 2.24) is 19.9 Å². The average molecular weight is 220 g/mol. The SMILES string of the molecule is CCNC(C)c1ncc(-c2cn(C)cn2)o1. The third-order valence-corrected chi connectivity index (χ3v) is 2.36. The zero-order chi connectivity index (χ0) is 11.5. The Kier molecular flexibility index (Phi) is 3.05. The van der Waals surface area contributed by atoms with Crippen LogP contribution in [0.1, 0.15) is 25.8 Å². The van der Waals surface area contributed by atoms with Crippen molar-refractivity contribution in [3.8, 4) is 11.5 Å². The normalized spacial score (nSPS) is 12.9. The van der Waals surface area contributed by atoms with Gasteiger partial charge in [-0.3, -0.25) is 0 Å². The standard InChI is InChI=1S/C11H16N4O/c1-4-12-8(2)11-13-5-10(16-11)9-6-15(3)7-14-9/h5-8,12H,4H2,1-3H3. The minimum absolute atomic E-state index is 0.127. The molecule has 0 radical (unpaired) electrons. The Morgan fingerprint density at radius 2 is 2.31 bits per heavy atom. The fourth-order valence-electron chi connectivity index (χ4n) is 1.54. The maximum absolute atomic E-state index is 5.65. The van der Waals surface area contributed by atoms with Gasteiger partial charge in [0.1, 0.15) is 5.69 Å². The van der Waals surface area contributed by atoms with E-state index in [1.165, 1.54) is 0 Å². The van der Waals surface area contributed by atoms with Crippen LogP contribution in [0.15, 0.2) is 23.1 Å². The Morgan fingerprint density at radius 1 is 1.50 bits per heavy atom. The number of nitrogens with zero attached hydrogens (tertiary/aromatic N) is 3. The van der Waals surface area contributed by atoms with Gasteiger partial charge in [0.15, 0.2) is 5.76 Å². The Bertz CT molecular complexity index is 460. The predicted molar refractivity (Wildman–Crippen MR) is 60.8 cm³/mol. The quantitative estimate of drug-likeness (QED) is 0.852. The van der Waals surface area contributed by atoms with Gasteiger partial charge in [0.05, 0.1) is 18.6 Å². The van der Waals surface area contributed by atoms with E-state index in [1.807, 2.05) is 24.7 Å².